The van der Waals surface area contributed by atoms with Gasteiger partial charge in [0.05, 0.1) is 0 Å². The Bertz CT molecular complexity index is 14.4. The van der Waals surface area contributed by atoms with Crippen LogP contribution < -0.4 is 5.32 Å². The predicted molar refractivity (Wildman–Crippen MR) is 20.8 cm³/mol. The van der Waals surface area contributed by atoms with Crippen LogP contribution in [0.4, 0.5) is 0 Å². The summed E-state index contributed by atoms with van der Waals surface area (Å²) in [5.41, 5.74) is 0. The van der Waals surface area contributed by atoms with E-state index in [1.54, 1.807) is 0 Å². The van der Waals surface area contributed by atoms with E-state index in [0.29, 0.717) is 0 Å². The smallest absolute Gasteiger partial charge is 0.240 e. The molecule has 29 valence electrons. The Morgan fingerprint density at radius 1 is 1.40 bits per heavy atom. The average Bonchev–Trinajstić information content (AvgIpc) is 2.19. The molecule has 0 aromatic rings. The molecule has 2 N–H and O–H groups in total. The molecule has 0 aromatic carbocycles. The molecule has 1 heterocycles. The highest BCUT2D eigenvalue weighted by molar-refractivity contribution is 5.95. The Labute approximate surface area is 34.7 Å². The van der Waals surface area contributed by atoms with E-state index < -0.39 is 0 Å². The third-order valence-corrected chi connectivity index (χ3v) is 0.250. The van der Waals surface area contributed by atoms with Crippen molar-refractivity contribution in [2.45, 2.75) is 0 Å². The lowest BCUT2D eigenvalue weighted by molar-refractivity contribution is 0.629. The first-order valence-electron chi connectivity index (χ1n) is 1.43. The molecule has 1 aliphatic heterocycles. The van der Waals surface area contributed by atoms with Crippen LogP contribution in [0.15, 0.2) is 0 Å². The van der Waals surface area contributed by atoms with E-state index in [1.165, 1.54) is 13.1 Å². The Morgan fingerprint density at radius 2 is 1.60 bits per heavy atom. The van der Waals surface area contributed by atoms with Gasteiger partial charge in [-0.1, -0.05) is 0 Å². The SMILES string of the molecule is C1CN1.O[Si]. The zero-order chi connectivity index (χ0) is 4.12. The minimum Gasteiger partial charge on any atom is -0.433 e. The van der Waals surface area contributed by atoms with E-state index in [2.05, 4.69) is 5.32 Å². The molecule has 0 aromatic heterocycles. The summed E-state index contributed by atoms with van der Waals surface area (Å²) in [5, 5.41) is 3.00. The van der Waals surface area contributed by atoms with Crippen LogP contribution in [0.5, 0.6) is 0 Å². The van der Waals surface area contributed by atoms with E-state index in [4.69, 9.17) is 4.80 Å². The van der Waals surface area contributed by atoms with E-state index in [0.717, 1.165) is 0 Å². The summed E-state index contributed by atoms with van der Waals surface area (Å²) in [6, 6.07) is 0. The van der Waals surface area contributed by atoms with Crippen molar-refractivity contribution in [2.24, 2.45) is 0 Å². The number of hydrogen-bond acceptors (Lipinski definition) is 2. The molecule has 2 nitrogen and oxygen atoms in total. The summed E-state index contributed by atoms with van der Waals surface area (Å²) in [6.45, 7) is 2.50. The summed E-state index contributed by atoms with van der Waals surface area (Å²) in [4.78, 5) is 6.81. The number of hydrogen-bond donors (Lipinski definition) is 2. The molecule has 1 aliphatic rings. The third-order valence-electron chi connectivity index (χ3n) is 0.250. The van der Waals surface area contributed by atoms with Crippen molar-refractivity contribution in [1.29, 1.82) is 0 Å². The standard InChI is InChI=1S/C2H5N.HOSi/c1-2-3-1;1-2/h3H,1-2H2;1H. The van der Waals surface area contributed by atoms with E-state index >= 15 is 0 Å². The first kappa shape index (κ1) is 5.14. The molecule has 0 unspecified atom stereocenters. The second kappa shape index (κ2) is 4.14. The topological polar surface area (TPSA) is 42.2 Å². The van der Waals surface area contributed by atoms with Gasteiger partial charge >= 0.3 is 0 Å². The van der Waals surface area contributed by atoms with Crippen LogP contribution in [-0.4, -0.2) is 28.4 Å². The molecule has 0 amide bonds. The summed E-state index contributed by atoms with van der Waals surface area (Å²) < 4.78 is 0. The fourth-order valence-electron chi connectivity index (χ4n) is 0. The third kappa shape index (κ3) is 14.6. The maximum Gasteiger partial charge on any atom is 0.240 e. The molecule has 0 bridgehead atoms. The van der Waals surface area contributed by atoms with Crippen molar-refractivity contribution >= 4 is 10.5 Å². The maximum atomic E-state index is 6.81. The van der Waals surface area contributed by atoms with Crippen LogP contribution in [0.1, 0.15) is 0 Å². The normalized spacial score (nSPS) is 15.6. The van der Waals surface area contributed by atoms with Crippen molar-refractivity contribution in [3.05, 3.63) is 0 Å². The van der Waals surface area contributed by atoms with Gasteiger partial charge in [-0.2, -0.15) is 0 Å². The van der Waals surface area contributed by atoms with Crippen molar-refractivity contribution in [2.75, 3.05) is 13.1 Å². The Kier molecular flexibility index (Phi) is 4.25. The largest absolute Gasteiger partial charge is 0.433 e. The molecule has 3 heteroatoms. The second-order valence-electron chi connectivity index (χ2n) is 0.750. The van der Waals surface area contributed by atoms with E-state index in [1.807, 2.05) is 10.5 Å². The van der Waals surface area contributed by atoms with Gasteiger partial charge in [0.1, 0.15) is 0 Å². The van der Waals surface area contributed by atoms with Crippen LogP contribution in [0.25, 0.3) is 0 Å². The summed E-state index contributed by atoms with van der Waals surface area (Å²) in [6.07, 6.45) is 0. The van der Waals surface area contributed by atoms with Crippen molar-refractivity contribution < 1.29 is 4.80 Å². The highest BCUT2D eigenvalue weighted by Crippen LogP contribution is 1.65. The van der Waals surface area contributed by atoms with Gasteiger partial charge in [-0.25, -0.2) is 0 Å². The van der Waals surface area contributed by atoms with Gasteiger partial charge in [0.25, 0.3) is 0 Å². The van der Waals surface area contributed by atoms with Crippen LogP contribution in [0, 0.1) is 0 Å². The van der Waals surface area contributed by atoms with Gasteiger partial charge in [-0.05, 0) is 0 Å². The lowest BCUT2D eigenvalue weighted by Gasteiger charge is -1.21. The number of rotatable bonds is 0. The fraction of sp³-hybridized carbons (Fsp3) is 1.00. The molecular formula is C2H6NOSi. The Hall–Kier alpha value is 0.137. The van der Waals surface area contributed by atoms with Gasteiger partial charge in [-0.15, -0.1) is 0 Å². The molecule has 1 fully saturated rings. The first-order chi connectivity index (χ1) is 2.50. The summed E-state index contributed by atoms with van der Waals surface area (Å²) in [5.74, 6) is 0. The molecule has 5 heavy (non-hydrogen) atoms. The van der Waals surface area contributed by atoms with Gasteiger partial charge in [-0.3, -0.25) is 0 Å². The van der Waals surface area contributed by atoms with Crippen LogP contribution >= 0.6 is 0 Å². The molecule has 0 spiro atoms. The zero-order valence-corrected chi connectivity index (χ0v) is 3.86. The Morgan fingerprint density at radius 3 is 1.60 bits per heavy atom. The predicted octanol–water partition coefficient (Wildman–Crippen LogP) is -1.35. The quantitative estimate of drug-likeness (QED) is 0.284. The van der Waals surface area contributed by atoms with Gasteiger partial charge < -0.3 is 10.1 Å². The van der Waals surface area contributed by atoms with E-state index in [9.17, 15) is 0 Å². The van der Waals surface area contributed by atoms with Gasteiger partial charge in [0.2, 0.25) is 10.5 Å². The highest BCUT2D eigenvalue weighted by atomic mass is 28.2. The monoisotopic (exact) mass is 88.0 g/mol. The Balaban J connectivity index is 0.0000000733. The van der Waals surface area contributed by atoms with Gasteiger partial charge in [0.15, 0.2) is 0 Å². The second-order valence-corrected chi connectivity index (χ2v) is 0.750. The van der Waals surface area contributed by atoms with Crippen molar-refractivity contribution in [1.82, 2.24) is 5.32 Å². The molecule has 0 saturated carbocycles. The molecule has 0 aliphatic carbocycles. The van der Waals surface area contributed by atoms with Crippen molar-refractivity contribution in [3.63, 3.8) is 0 Å². The number of nitrogens with one attached hydrogen (secondary N) is 1. The molecule has 3 radical (unpaired) electrons. The van der Waals surface area contributed by atoms with Gasteiger partial charge in [0, 0.05) is 13.1 Å². The van der Waals surface area contributed by atoms with Crippen LogP contribution in [-0.2, 0) is 0 Å². The average molecular weight is 88.2 g/mol. The summed E-state index contributed by atoms with van der Waals surface area (Å²) in [7, 11) is 1.97. The summed E-state index contributed by atoms with van der Waals surface area (Å²) >= 11 is 0. The minimum absolute atomic E-state index is 1.25. The zero-order valence-electron chi connectivity index (χ0n) is 2.86. The first-order valence-corrected chi connectivity index (χ1v) is 1.88. The molecule has 0 atom stereocenters. The lowest BCUT2D eigenvalue weighted by Crippen LogP contribution is -1.56. The van der Waals surface area contributed by atoms with Crippen LogP contribution in [0.3, 0.4) is 0 Å². The molecule has 1 rings (SSSR count). The van der Waals surface area contributed by atoms with Crippen molar-refractivity contribution in [3.8, 4) is 0 Å². The minimum atomic E-state index is 1.25. The highest BCUT2D eigenvalue weighted by Gasteiger charge is 1.91. The van der Waals surface area contributed by atoms with E-state index in [-0.39, 0.29) is 0 Å². The fourth-order valence-corrected chi connectivity index (χ4v) is 0. The van der Waals surface area contributed by atoms with Crippen LogP contribution in [0.2, 0.25) is 0 Å². The molecule has 1 saturated heterocycles. The molecular weight excluding hydrogens is 82.1 g/mol. The lowest BCUT2D eigenvalue weighted by atomic mass is 11.0. The maximum absolute atomic E-state index is 6.81.